The highest BCUT2D eigenvalue weighted by atomic mass is 35.5. The molecule has 2 saturated heterocycles. The van der Waals surface area contributed by atoms with Crippen LogP contribution in [-0.4, -0.2) is 85.1 Å². The maximum Gasteiger partial charge on any atom is 0.252 e. The lowest BCUT2D eigenvalue weighted by Crippen LogP contribution is -2.52. The molecule has 0 unspecified atom stereocenters. The number of H-pyrrole nitrogens is 1. The van der Waals surface area contributed by atoms with E-state index in [0.29, 0.717) is 43.7 Å². The number of hydrogen-bond donors (Lipinski definition) is 1. The third-order valence-corrected chi connectivity index (χ3v) is 6.76. The van der Waals surface area contributed by atoms with Crippen LogP contribution in [0.3, 0.4) is 0 Å². The molecule has 1 aromatic carbocycles. The lowest BCUT2D eigenvalue weighted by molar-refractivity contribution is -0.139. The maximum absolute atomic E-state index is 12.6. The molecule has 10 heteroatoms. The van der Waals surface area contributed by atoms with Gasteiger partial charge >= 0.3 is 0 Å². The molecule has 1 amide bonds. The minimum absolute atomic E-state index is 0.152. The van der Waals surface area contributed by atoms with Crippen LogP contribution in [0.1, 0.15) is 26.5 Å². The van der Waals surface area contributed by atoms with Crippen molar-refractivity contribution in [3.63, 3.8) is 0 Å². The number of aromatic amines is 1. The van der Waals surface area contributed by atoms with Crippen molar-refractivity contribution in [1.82, 2.24) is 19.8 Å². The van der Waals surface area contributed by atoms with Gasteiger partial charge in [0.2, 0.25) is 11.9 Å². The molecule has 9 nitrogen and oxygen atoms in total. The van der Waals surface area contributed by atoms with Gasteiger partial charge in [0, 0.05) is 75.4 Å². The van der Waals surface area contributed by atoms with Crippen LogP contribution in [0.2, 0.25) is 5.02 Å². The van der Waals surface area contributed by atoms with E-state index in [4.69, 9.17) is 21.3 Å². The van der Waals surface area contributed by atoms with Gasteiger partial charge in [0.25, 0.3) is 5.56 Å². The number of piperazine rings is 2. The van der Waals surface area contributed by atoms with Gasteiger partial charge in [-0.15, -0.1) is 0 Å². The summed E-state index contributed by atoms with van der Waals surface area (Å²) in [6, 6.07) is 7.24. The number of hydrogen-bond acceptors (Lipinski definition) is 7. The molecule has 3 heterocycles. The topological polar surface area (TPSA) is 85.0 Å². The van der Waals surface area contributed by atoms with E-state index in [9.17, 15) is 9.59 Å². The van der Waals surface area contributed by atoms with Crippen molar-refractivity contribution in [2.75, 3.05) is 69.3 Å². The van der Waals surface area contributed by atoms with Crippen LogP contribution in [0.25, 0.3) is 0 Å². The van der Waals surface area contributed by atoms with E-state index in [2.05, 4.69) is 19.7 Å². The molecule has 190 valence electrons. The van der Waals surface area contributed by atoms with Gasteiger partial charge in [0.05, 0.1) is 18.5 Å². The number of nitrogens with one attached hydrogen (secondary N) is 1. The minimum Gasteiger partial charge on any atom is -0.495 e. The smallest absolute Gasteiger partial charge is 0.252 e. The van der Waals surface area contributed by atoms with Crippen LogP contribution >= 0.6 is 11.6 Å². The standard InChI is InChI=1S/C25H35ClN6O3/c1-25(2,3)23(34)31-11-13-32(14-12-31)24-27-19(16-22(33)28-24)17-29-7-9-30(10-8-29)20-15-18(26)5-6-21(20)35-4/h5-6,15-16H,7-14,17H2,1-4H3,(H,27,28,33). The van der Waals surface area contributed by atoms with Crippen LogP contribution in [0.4, 0.5) is 11.6 Å². The molecule has 35 heavy (non-hydrogen) atoms. The first-order valence-corrected chi connectivity index (χ1v) is 12.5. The maximum atomic E-state index is 12.6. The Bertz CT molecular complexity index is 1100. The fourth-order valence-electron chi connectivity index (χ4n) is 4.61. The summed E-state index contributed by atoms with van der Waals surface area (Å²) >= 11 is 6.21. The normalized spacial score (nSPS) is 17.6. The van der Waals surface area contributed by atoms with Crippen LogP contribution in [-0.2, 0) is 11.3 Å². The second kappa shape index (κ2) is 10.5. The minimum atomic E-state index is -0.392. The van der Waals surface area contributed by atoms with E-state index in [1.54, 1.807) is 13.2 Å². The quantitative estimate of drug-likeness (QED) is 0.672. The highest BCUT2D eigenvalue weighted by molar-refractivity contribution is 6.30. The molecule has 2 aromatic rings. The third kappa shape index (κ3) is 6.08. The number of carbonyl (C=O) groups is 1. The van der Waals surface area contributed by atoms with Gasteiger partial charge in [0.15, 0.2) is 0 Å². The van der Waals surface area contributed by atoms with Gasteiger partial charge in [0.1, 0.15) is 5.75 Å². The molecule has 2 aliphatic rings. The molecular formula is C25H35ClN6O3. The number of aromatic nitrogens is 2. The zero-order valence-electron chi connectivity index (χ0n) is 21.0. The van der Waals surface area contributed by atoms with Crippen molar-refractivity contribution in [2.24, 2.45) is 5.41 Å². The molecule has 4 rings (SSSR count). The Morgan fingerprint density at radius 1 is 1.03 bits per heavy atom. The average Bonchev–Trinajstić information content (AvgIpc) is 2.83. The lowest BCUT2D eigenvalue weighted by atomic mass is 9.94. The fourth-order valence-corrected chi connectivity index (χ4v) is 4.77. The summed E-state index contributed by atoms with van der Waals surface area (Å²) in [6.07, 6.45) is 0. The number of anilines is 2. The Kier molecular flexibility index (Phi) is 7.56. The van der Waals surface area contributed by atoms with E-state index < -0.39 is 5.41 Å². The zero-order valence-corrected chi connectivity index (χ0v) is 21.8. The number of carbonyl (C=O) groups excluding carboxylic acids is 1. The Morgan fingerprint density at radius 3 is 2.31 bits per heavy atom. The van der Waals surface area contributed by atoms with E-state index >= 15 is 0 Å². The predicted octanol–water partition coefficient (Wildman–Crippen LogP) is 2.45. The number of nitrogens with zero attached hydrogens (tertiary/aromatic N) is 5. The van der Waals surface area contributed by atoms with Gasteiger partial charge in [-0.3, -0.25) is 19.5 Å². The SMILES string of the molecule is COc1ccc(Cl)cc1N1CCN(Cc2cc(=O)[nH]c(N3CCN(C(=O)C(C)(C)C)CC3)n2)CC1. The highest BCUT2D eigenvalue weighted by Crippen LogP contribution is 2.32. The number of amides is 1. The summed E-state index contributed by atoms with van der Waals surface area (Å²) in [7, 11) is 1.67. The summed E-state index contributed by atoms with van der Waals surface area (Å²) < 4.78 is 5.51. The van der Waals surface area contributed by atoms with Crippen molar-refractivity contribution in [3.8, 4) is 5.75 Å². The van der Waals surface area contributed by atoms with E-state index in [-0.39, 0.29) is 11.5 Å². The molecule has 2 aliphatic heterocycles. The number of rotatable bonds is 5. The van der Waals surface area contributed by atoms with Crippen LogP contribution in [0.5, 0.6) is 5.75 Å². The van der Waals surface area contributed by atoms with Gasteiger partial charge in [-0.2, -0.15) is 0 Å². The van der Waals surface area contributed by atoms with E-state index in [0.717, 1.165) is 43.3 Å². The van der Waals surface area contributed by atoms with Crippen molar-refractivity contribution in [3.05, 3.63) is 45.3 Å². The van der Waals surface area contributed by atoms with E-state index in [1.807, 2.05) is 43.9 Å². The van der Waals surface area contributed by atoms with E-state index in [1.165, 1.54) is 0 Å². The van der Waals surface area contributed by atoms with Crippen LogP contribution < -0.4 is 20.1 Å². The Hall–Kier alpha value is -2.78. The van der Waals surface area contributed by atoms with Crippen molar-refractivity contribution >= 4 is 29.1 Å². The van der Waals surface area contributed by atoms with Crippen LogP contribution in [0, 0.1) is 5.41 Å². The summed E-state index contributed by atoms with van der Waals surface area (Å²) in [5.74, 6) is 1.55. The van der Waals surface area contributed by atoms with Crippen LogP contribution in [0.15, 0.2) is 29.1 Å². The number of benzene rings is 1. The molecule has 0 atom stereocenters. The molecule has 1 N–H and O–H groups in total. The summed E-state index contributed by atoms with van der Waals surface area (Å²) in [4.78, 5) is 41.1. The molecule has 0 saturated carbocycles. The Balaban J connectivity index is 1.36. The largest absolute Gasteiger partial charge is 0.495 e. The van der Waals surface area contributed by atoms with Crippen molar-refractivity contribution < 1.29 is 9.53 Å². The fraction of sp³-hybridized carbons (Fsp3) is 0.560. The van der Waals surface area contributed by atoms with Crippen molar-refractivity contribution in [1.29, 1.82) is 0 Å². The number of methoxy groups -OCH3 is 1. The molecule has 0 aliphatic carbocycles. The molecule has 2 fully saturated rings. The summed E-state index contributed by atoms with van der Waals surface area (Å²) in [5, 5.41) is 0.687. The van der Waals surface area contributed by atoms with Gasteiger partial charge in [-0.1, -0.05) is 32.4 Å². The first-order valence-electron chi connectivity index (χ1n) is 12.1. The number of ether oxygens (including phenoxy) is 1. The highest BCUT2D eigenvalue weighted by Gasteiger charge is 2.30. The number of halogens is 1. The summed E-state index contributed by atoms with van der Waals surface area (Å²) in [6.45, 7) is 12.3. The monoisotopic (exact) mass is 502 g/mol. The van der Waals surface area contributed by atoms with Gasteiger partial charge < -0.3 is 19.4 Å². The molecule has 0 spiro atoms. The molecular weight excluding hydrogens is 468 g/mol. The lowest BCUT2D eigenvalue weighted by Gasteiger charge is -2.38. The first kappa shape index (κ1) is 25.3. The average molecular weight is 503 g/mol. The molecule has 0 bridgehead atoms. The zero-order chi connectivity index (χ0) is 25.2. The Labute approximate surface area is 211 Å². The van der Waals surface area contributed by atoms with Gasteiger partial charge in [-0.25, -0.2) is 4.98 Å². The second-order valence-corrected chi connectivity index (χ2v) is 10.6. The molecule has 1 aromatic heterocycles. The predicted molar refractivity (Wildman–Crippen MR) is 139 cm³/mol. The third-order valence-electron chi connectivity index (χ3n) is 6.53. The van der Waals surface area contributed by atoms with Gasteiger partial charge in [-0.05, 0) is 18.2 Å². The molecule has 0 radical (unpaired) electrons. The Morgan fingerprint density at radius 2 is 1.69 bits per heavy atom. The second-order valence-electron chi connectivity index (χ2n) is 10.2. The van der Waals surface area contributed by atoms with Crippen molar-refractivity contribution in [2.45, 2.75) is 27.3 Å². The summed E-state index contributed by atoms with van der Waals surface area (Å²) in [5.41, 5.74) is 1.21. The first-order chi connectivity index (χ1) is 16.6.